The number of hydrogen-bond donors (Lipinski definition) is 1. The molecule has 25 heavy (non-hydrogen) atoms. The van der Waals surface area contributed by atoms with Gasteiger partial charge in [-0.2, -0.15) is 4.37 Å². The summed E-state index contributed by atoms with van der Waals surface area (Å²) in [4.78, 5) is 16.5. The van der Waals surface area contributed by atoms with E-state index in [1.165, 1.54) is 47.9 Å². The number of rotatable bonds is 3. The van der Waals surface area contributed by atoms with E-state index in [-0.39, 0.29) is 11.9 Å². The first-order chi connectivity index (χ1) is 12.3. The van der Waals surface area contributed by atoms with Crippen molar-refractivity contribution in [2.24, 2.45) is 5.92 Å². The number of piperidine rings is 3. The van der Waals surface area contributed by atoms with E-state index in [1.54, 1.807) is 11.3 Å². The number of fused-ring (bicyclic) bond motifs is 4. The van der Waals surface area contributed by atoms with E-state index >= 15 is 0 Å². The molecule has 1 N–H and O–H groups in total. The van der Waals surface area contributed by atoms with Gasteiger partial charge in [0.25, 0.3) is 5.91 Å². The van der Waals surface area contributed by atoms with Crippen molar-refractivity contribution in [1.29, 1.82) is 0 Å². The van der Waals surface area contributed by atoms with Crippen LogP contribution in [0, 0.1) is 5.92 Å². The first-order valence-electron chi connectivity index (χ1n) is 8.74. The van der Waals surface area contributed by atoms with Crippen molar-refractivity contribution in [2.45, 2.75) is 18.9 Å². The van der Waals surface area contributed by atoms with Gasteiger partial charge in [-0.3, -0.25) is 4.79 Å². The zero-order chi connectivity index (χ0) is 16.8. The number of nitrogens with zero attached hydrogens (tertiary/aromatic N) is 2. The molecule has 6 heteroatoms. The smallest absolute Gasteiger partial charge is 0.271 e. The minimum Gasteiger partial charge on any atom is -0.346 e. The Morgan fingerprint density at radius 2 is 2.12 bits per heavy atom. The third kappa shape index (κ3) is 2.78. The highest BCUT2D eigenvalue weighted by atomic mass is 32.1. The molecular weight excluding hydrogens is 350 g/mol. The molecule has 1 unspecified atom stereocenters. The maximum Gasteiger partial charge on any atom is 0.271 e. The largest absolute Gasteiger partial charge is 0.346 e. The van der Waals surface area contributed by atoms with E-state index in [9.17, 15) is 4.79 Å². The topological polar surface area (TPSA) is 45.2 Å². The van der Waals surface area contributed by atoms with Crippen molar-refractivity contribution in [3.8, 4) is 10.4 Å². The van der Waals surface area contributed by atoms with Crippen molar-refractivity contribution in [3.05, 3.63) is 41.4 Å². The summed E-state index contributed by atoms with van der Waals surface area (Å²) in [6.07, 6.45) is 2.40. The molecule has 3 aromatic rings. The summed E-state index contributed by atoms with van der Waals surface area (Å²) in [6.45, 7) is 3.35. The zero-order valence-corrected chi connectivity index (χ0v) is 15.4. The third-order valence-electron chi connectivity index (χ3n) is 5.47. The van der Waals surface area contributed by atoms with Gasteiger partial charge < -0.3 is 10.2 Å². The van der Waals surface area contributed by atoms with Gasteiger partial charge in [0, 0.05) is 22.8 Å². The van der Waals surface area contributed by atoms with Gasteiger partial charge in [-0.25, -0.2) is 0 Å². The molecule has 5 heterocycles. The van der Waals surface area contributed by atoms with Gasteiger partial charge in [-0.05, 0) is 66.5 Å². The molecule has 128 valence electrons. The van der Waals surface area contributed by atoms with Crippen LogP contribution in [0.15, 0.2) is 35.7 Å². The lowest BCUT2D eigenvalue weighted by atomic mass is 9.84. The van der Waals surface area contributed by atoms with Crippen molar-refractivity contribution in [1.82, 2.24) is 14.6 Å². The maximum atomic E-state index is 12.8. The highest BCUT2D eigenvalue weighted by Gasteiger charge is 2.35. The summed E-state index contributed by atoms with van der Waals surface area (Å²) < 4.78 is 5.54. The molecule has 3 fully saturated rings. The van der Waals surface area contributed by atoms with Gasteiger partial charge in [-0.1, -0.05) is 18.2 Å². The summed E-state index contributed by atoms with van der Waals surface area (Å²) in [6, 6.07) is 10.7. The summed E-state index contributed by atoms with van der Waals surface area (Å²) in [5.41, 5.74) is 1.77. The van der Waals surface area contributed by atoms with Crippen molar-refractivity contribution >= 4 is 38.9 Å². The predicted octanol–water partition coefficient (Wildman–Crippen LogP) is 3.85. The van der Waals surface area contributed by atoms with Crippen LogP contribution in [0.25, 0.3) is 20.5 Å². The van der Waals surface area contributed by atoms with Gasteiger partial charge in [-0.15, -0.1) is 11.3 Å². The molecule has 1 amide bonds. The number of benzene rings is 1. The van der Waals surface area contributed by atoms with E-state index in [4.69, 9.17) is 0 Å². The molecule has 1 aromatic carbocycles. The van der Waals surface area contributed by atoms with Gasteiger partial charge >= 0.3 is 0 Å². The predicted molar refractivity (Wildman–Crippen MR) is 103 cm³/mol. The number of amides is 1. The Kier molecular flexibility index (Phi) is 3.84. The maximum absolute atomic E-state index is 12.8. The lowest BCUT2D eigenvalue weighted by Gasteiger charge is -2.44. The Hall–Kier alpha value is -1.76. The quantitative estimate of drug-likeness (QED) is 0.763. The average Bonchev–Trinajstić information content (AvgIpc) is 3.32. The fourth-order valence-corrected chi connectivity index (χ4v) is 5.60. The number of nitrogens with one attached hydrogen (secondary N) is 1. The van der Waals surface area contributed by atoms with E-state index in [0.717, 1.165) is 16.6 Å². The van der Waals surface area contributed by atoms with E-state index < -0.39 is 0 Å². The van der Waals surface area contributed by atoms with E-state index in [1.807, 2.05) is 6.07 Å². The molecule has 3 aliphatic heterocycles. The number of carbonyl (C=O) groups is 1. The summed E-state index contributed by atoms with van der Waals surface area (Å²) in [7, 11) is 0. The second kappa shape index (κ2) is 6.20. The van der Waals surface area contributed by atoms with Gasteiger partial charge in [0.05, 0.1) is 4.70 Å². The molecule has 1 atom stereocenters. The minimum absolute atomic E-state index is 0.0196. The molecular formula is C19H19N3OS2. The fraction of sp³-hybridized carbons (Fsp3) is 0.368. The molecule has 3 saturated heterocycles. The van der Waals surface area contributed by atoms with Crippen LogP contribution < -0.4 is 5.32 Å². The summed E-state index contributed by atoms with van der Waals surface area (Å²) in [5.74, 6) is 0.609. The number of thiophene rings is 1. The van der Waals surface area contributed by atoms with Crippen molar-refractivity contribution in [3.63, 3.8) is 0 Å². The highest BCUT2D eigenvalue weighted by molar-refractivity contribution is 7.14. The van der Waals surface area contributed by atoms with Gasteiger partial charge in [0.15, 0.2) is 0 Å². The monoisotopic (exact) mass is 369 g/mol. The molecule has 6 rings (SSSR count). The Bertz CT molecular complexity index is 910. The number of aromatic nitrogens is 1. The van der Waals surface area contributed by atoms with Crippen LogP contribution >= 0.6 is 22.9 Å². The second-order valence-electron chi connectivity index (χ2n) is 6.94. The fourth-order valence-electron chi connectivity index (χ4n) is 4.06. The van der Waals surface area contributed by atoms with Gasteiger partial charge in [0.2, 0.25) is 0 Å². The first kappa shape index (κ1) is 15.5. The molecule has 0 spiro atoms. The molecule has 0 saturated carbocycles. The molecule has 3 aliphatic rings. The van der Waals surface area contributed by atoms with Crippen LogP contribution in [0.4, 0.5) is 0 Å². The Balaban J connectivity index is 1.40. The third-order valence-corrected chi connectivity index (χ3v) is 7.19. The SMILES string of the molecule is O=C(NC1CN2CCC1CC2)c1nsc2cc(-c3cccs3)ccc12. The second-order valence-corrected chi connectivity index (χ2v) is 8.69. The van der Waals surface area contributed by atoms with Crippen LogP contribution in [0.1, 0.15) is 23.3 Å². The van der Waals surface area contributed by atoms with E-state index in [2.05, 4.69) is 44.2 Å². The normalized spacial score (nSPS) is 25.4. The average molecular weight is 370 g/mol. The van der Waals surface area contributed by atoms with Gasteiger partial charge in [0.1, 0.15) is 5.69 Å². The van der Waals surface area contributed by atoms with Crippen LogP contribution in [0.2, 0.25) is 0 Å². The Morgan fingerprint density at radius 1 is 1.24 bits per heavy atom. The van der Waals surface area contributed by atoms with Crippen molar-refractivity contribution in [2.75, 3.05) is 19.6 Å². The molecule has 2 bridgehead atoms. The summed E-state index contributed by atoms with van der Waals surface area (Å²) >= 11 is 3.14. The lowest BCUT2D eigenvalue weighted by Crippen LogP contribution is -2.57. The Morgan fingerprint density at radius 3 is 2.84 bits per heavy atom. The molecule has 2 aromatic heterocycles. The molecule has 0 aliphatic carbocycles. The number of hydrogen-bond acceptors (Lipinski definition) is 5. The minimum atomic E-state index is -0.0196. The highest BCUT2D eigenvalue weighted by Crippen LogP contribution is 2.32. The number of carbonyl (C=O) groups excluding carboxylic acids is 1. The van der Waals surface area contributed by atoms with Crippen LogP contribution in [0.5, 0.6) is 0 Å². The lowest BCUT2D eigenvalue weighted by molar-refractivity contribution is 0.0619. The van der Waals surface area contributed by atoms with Crippen LogP contribution in [0.3, 0.4) is 0 Å². The summed E-state index contributed by atoms with van der Waals surface area (Å²) in [5, 5.41) is 6.30. The Labute approximate surface area is 154 Å². The molecule has 0 radical (unpaired) electrons. The zero-order valence-electron chi connectivity index (χ0n) is 13.8. The van der Waals surface area contributed by atoms with Crippen LogP contribution in [-0.2, 0) is 0 Å². The van der Waals surface area contributed by atoms with E-state index in [0.29, 0.717) is 11.6 Å². The first-order valence-corrected chi connectivity index (χ1v) is 10.4. The standard InChI is InChI=1S/C19H19N3OS2/c23-19(20-15-11-22-7-5-12(15)6-8-22)18-14-4-3-13(10-17(14)25-21-18)16-2-1-9-24-16/h1-4,9-10,12,15H,5-8,11H2,(H,20,23). The molecule has 4 nitrogen and oxygen atoms in total. The van der Waals surface area contributed by atoms with Crippen molar-refractivity contribution < 1.29 is 4.79 Å². The van der Waals surface area contributed by atoms with Crippen LogP contribution in [-0.4, -0.2) is 40.9 Å².